The van der Waals surface area contributed by atoms with Crippen molar-refractivity contribution >= 4 is 15.9 Å². The Morgan fingerprint density at radius 3 is 2.71 bits per heavy atom. The quantitative estimate of drug-likeness (QED) is 0.883. The molecule has 3 N–H and O–H groups in total. The van der Waals surface area contributed by atoms with Crippen LogP contribution in [0.1, 0.15) is 30.0 Å². The molecule has 0 aliphatic carbocycles. The normalized spacial score (nSPS) is 19.2. The van der Waals surface area contributed by atoms with Crippen LogP contribution in [-0.2, 0) is 4.74 Å². The van der Waals surface area contributed by atoms with Crippen molar-refractivity contribution in [3.05, 3.63) is 27.7 Å². The molecule has 1 aromatic rings. The molecule has 1 aromatic carbocycles. The van der Waals surface area contributed by atoms with Crippen LogP contribution in [0.4, 0.5) is 0 Å². The summed E-state index contributed by atoms with van der Waals surface area (Å²) in [5.74, 6) is 0.718. The molecule has 0 aromatic heterocycles. The second-order valence-corrected chi connectivity index (χ2v) is 5.55. The van der Waals surface area contributed by atoms with Gasteiger partial charge in [-0.25, -0.2) is 0 Å². The Balaban J connectivity index is 2.26. The molecule has 1 aliphatic heterocycles. The maximum absolute atomic E-state index is 10.1. The van der Waals surface area contributed by atoms with Crippen molar-refractivity contribution in [2.45, 2.75) is 25.8 Å². The highest BCUT2D eigenvalue weighted by atomic mass is 79.9. The lowest BCUT2D eigenvalue weighted by molar-refractivity contribution is 0.0581. The van der Waals surface area contributed by atoms with Crippen LogP contribution in [0.5, 0.6) is 5.75 Å². The number of halogens is 1. The SMILES string of the molecule is Cc1cc(Br)cc([C@H](N)C2CCOCC2)c1O. The number of aryl methyl sites for hydroxylation is 1. The summed E-state index contributed by atoms with van der Waals surface area (Å²) in [6.45, 7) is 3.43. The maximum Gasteiger partial charge on any atom is 0.123 e. The molecule has 0 radical (unpaired) electrons. The fraction of sp³-hybridized carbons (Fsp3) is 0.538. The third kappa shape index (κ3) is 2.81. The highest BCUT2D eigenvalue weighted by Crippen LogP contribution is 2.36. The number of rotatable bonds is 2. The number of benzene rings is 1. The van der Waals surface area contributed by atoms with Gasteiger partial charge in [0.1, 0.15) is 5.75 Å². The van der Waals surface area contributed by atoms with Gasteiger partial charge in [0.25, 0.3) is 0 Å². The van der Waals surface area contributed by atoms with Crippen molar-refractivity contribution in [3.8, 4) is 5.75 Å². The number of ether oxygens (including phenoxy) is 1. The first-order valence-electron chi connectivity index (χ1n) is 5.92. The van der Waals surface area contributed by atoms with Gasteiger partial charge in [0.2, 0.25) is 0 Å². The predicted molar refractivity (Wildman–Crippen MR) is 71.0 cm³/mol. The molecule has 0 amide bonds. The molecule has 2 rings (SSSR count). The average Bonchev–Trinajstić information content (AvgIpc) is 2.34. The highest BCUT2D eigenvalue weighted by Gasteiger charge is 2.25. The molecule has 94 valence electrons. The average molecular weight is 300 g/mol. The third-order valence-corrected chi connectivity index (χ3v) is 3.89. The van der Waals surface area contributed by atoms with Crippen molar-refractivity contribution in [3.63, 3.8) is 0 Å². The third-order valence-electron chi connectivity index (χ3n) is 3.43. The molecule has 1 heterocycles. The fourth-order valence-corrected chi connectivity index (χ4v) is 2.93. The van der Waals surface area contributed by atoms with Gasteiger partial charge in [-0.2, -0.15) is 0 Å². The zero-order valence-electron chi connectivity index (χ0n) is 9.95. The van der Waals surface area contributed by atoms with E-state index in [9.17, 15) is 5.11 Å². The summed E-state index contributed by atoms with van der Waals surface area (Å²) in [4.78, 5) is 0. The molecule has 1 atom stereocenters. The van der Waals surface area contributed by atoms with E-state index in [0.717, 1.165) is 41.7 Å². The summed E-state index contributed by atoms with van der Waals surface area (Å²) >= 11 is 3.45. The smallest absolute Gasteiger partial charge is 0.123 e. The zero-order valence-corrected chi connectivity index (χ0v) is 11.5. The first-order valence-corrected chi connectivity index (χ1v) is 6.71. The topological polar surface area (TPSA) is 55.5 Å². The molecule has 1 aliphatic rings. The summed E-state index contributed by atoms with van der Waals surface area (Å²) in [5, 5.41) is 10.1. The number of hydrogen-bond donors (Lipinski definition) is 2. The lowest BCUT2D eigenvalue weighted by atomic mass is 9.87. The predicted octanol–water partition coefficient (Wildman–Crippen LogP) is 2.89. The summed E-state index contributed by atoms with van der Waals surface area (Å²) in [5.41, 5.74) is 7.97. The first kappa shape index (κ1) is 12.9. The van der Waals surface area contributed by atoms with E-state index < -0.39 is 0 Å². The van der Waals surface area contributed by atoms with Crippen LogP contribution < -0.4 is 5.73 Å². The van der Waals surface area contributed by atoms with Crippen LogP contribution in [0, 0.1) is 12.8 Å². The molecule has 17 heavy (non-hydrogen) atoms. The second-order valence-electron chi connectivity index (χ2n) is 4.64. The Morgan fingerprint density at radius 2 is 2.06 bits per heavy atom. The van der Waals surface area contributed by atoms with E-state index in [1.165, 1.54) is 0 Å². The van der Waals surface area contributed by atoms with Gasteiger partial charge in [0, 0.05) is 29.3 Å². The van der Waals surface area contributed by atoms with Gasteiger partial charge in [-0.15, -0.1) is 0 Å². The first-order chi connectivity index (χ1) is 8.09. The summed E-state index contributed by atoms with van der Waals surface area (Å²) < 4.78 is 6.30. The van der Waals surface area contributed by atoms with Gasteiger partial charge in [0.05, 0.1) is 0 Å². The monoisotopic (exact) mass is 299 g/mol. The Hall–Kier alpha value is -0.580. The van der Waals surface area contributed by atoms with E-state index in [0.29, 0.717) is 11.7 Å². The van der Waals surface area contributed by atoms with Gasteiger partial charge >= 0.3 is 0 Å². The molecule has 0 saturated carbocycles. The van der Waals surface area contributed by atoms with E-state index >= 15 is 0 Å². The van der Waals surface area contributed by atoms with E-state index in [-0.39, 0.29) is 6.04 Å². The van der Waals surface area contributed by atoms with Crippen molar-refractivity contribution in [2.24, 2.45) is 11.7 Å². The van der Waals surface area contributed by atoms with Crippen molar-refractivity contribution < 1.29 is 9.84 Å². The molecule has 4 heteroatoms. The van der Waals surface area contributed by atoms with Crippen molar-refractivity contribution in [1.29, 1.82) is 0 Å². The number of aromatic hydroxyl groups is 1. The van der Waals surface area contributed by atoms with Crippen LogP contribution in [0.15, 0.2) is 16.6 Å². The minimum Gasteiger partial charge on any atom is -0.507 e. The maximum atomic E-state index is 10.1. The van der Waals surface area contributed by atoms with Gasteiger partial charge in [0.15, 0.2) is 0 Å². The molecule has 1 saturated heterocycles. The minimum atomic E-state index is -0.116. The highest BCUT2D eigenvalue weighted by molar-refractivity contribution is 9.10. The standard InChI is InChI=1S/C13H18BrNO2/c1-8-6-10(14)7-11(13(8)16)12(15)9-2-4-17-5-3-9/h6-7,9,12,16H,2-5,15H2,1H3/t12-/m1/s1. The largest absolute Gasteiger partial charge is 0.507 e. The van der Waals surface area contributed by atoms with E-state index in [1.54, 1.807) is 0 Å². The molecule has 1 fully saturated rings. The van der Waals surface area contributed by atoms with Gasteiger partial charge in [-0.05, 0) is 43.4 Å². The Kier molecular flexibility index (Phi) is 4.07. The molecule has 0 bridgehead atoms. The lowest BCUT2D eigenvalue weighted by Crippen LogP contribution is -2.27. The van der Waals surface area contributed by atoms with Gasteiger partial charge in [-0.1, -0.05) is 15.9 Å². The number of nitrogens with two attached hydrogens (primary N) is 1. The van der Waals surface area contributed by atoms with E-state index in [2.05, 4.69) is 15.9 Å². The van der Waals surface area contributed by atoms with Crippen molar-refractivity contribution in [2.75, 3.05) is 13.2 Å². The van der Waals surface area contributed by atoms with Crippen LogP contribution >= 0.6 is 15.9 Å². The minimum absolute atomic E-state index is 0.116. The molecule has 0 spiro atoms. The zero-order chi connectivity index (χ0) is 12.4. The Morgan fingerprint density at radius 1 is 1.41 bits per heavy atom. The van der Waals surface area contributed by atoms with Gasteiger partial charge in [-0.3, -0.25) is 0 Å². The summed E-state index contributed by atoms with van der Waals surface area (Å²) in [6, 6.07) is 3.70. The molecule has 3 nitrogen and oxygen atoms in total. The molecule has 0 unspecified atom stereocenters. The second kappa shape index (κ2) is 5.38. The molecular weight excluding hydrogens is 282 g/mol. The van der Waals surface area contributed by atoms with Crippen LogP contribution in [0.3, 0.4) is 0 Å². The lowest BCUT2D eigenvalue weighted by Gasteiger charge is -2.28. The summed E-state index contributed by atoms with van der Waals surface area (Å²) in [7, 11) is 0. The Bertz CT molecular complexity index is 403. The van der Waals surface area contributed by atoms with E-state index in [4.69, 9.17) is 10.5 Å². The van der Waals surface area contributed by atoms with Crippen LogP contribution in [0.25, 0.3) is 0 Å². The van der Waals surface area contributed by atoms with Gasteiger partial charge < -0.3 is 15.6 Å². The van der Waals surface area contributed by atoms with Crippen LogP contribution in [0.2, 0.25) is 0 Å². The number of phenolic OH excluding ortho intramolecular Hbond substituents is 1. The van der Waals surface area contributed by atoms with E-state index in [1.807, 2.05) is 19.1 Å². The van der Waals surface area contributed by atoms with Crippen molar-refractivity contribution in [1.82, 2.24) is 0 Å². The number of phenols is 1. The summed E-state index contributed by atoms with van der Waals surface area (Å²) in [6.07, 6.45) is 1.93. The molecular formula is C13H18BrNO2. The fourth-order valence-electron chi connectivity index (χ4n) is 2.34. The number of hydrogen-bond acceptors (Lipinski definition) is 3. The van der Waals surface area contributed by atoms with Crippen LogP contribution in [-0.4, -0.2) is 18.3 Å². The Labute approximate surface area is 110 Å².